The summed E-state index contributed by atoms with van der Waals surface area (Å²) in [5.41, 5.74) is 11.7. The fraction of sp³-hybridized carbons (Fsp3) is 0.538. The number of primary amides is 1. The number of thiophene rings is 1. The maximum Gasteiger partial charge on any atom is 0.263 e. The van der Waals surface area contributed by atoms with Gasteiger partial charge in [-0.05, 0) is 19.3 Å². The average Bonchev–Trinajstić information content (AvgIpc) is 3.05. The van der Waals surface area contributed by atoms with Gasteiger partial charge in [-0.2, -0.15) is 0 Å². The lowest BCUT2D eigenvalue weighted by molar-refractivity contribution is 0.0960. The molecule has 6 N–H and O–H groups in total. The Morgan fingerprint density at radius 1 is 1.40 bits per heavy atom. The van der Waals surface area contributed by atoms with E-state index in [2.05, 4.69) is 17.6 Å². The Labute approximate surface area is 121 Å². The number of carbonyl (C=O) groups is 2. The van der Waals surface area contributed by atoms with Crippen molar-refractivity contribution in [3.63, 3.8) is 0 Å². The van der Waals surface area contributed by atoms with Crippen LogP contribution in [0, 0.1) is 5.92 Å². The van der Waals surface area contributed by atoms with E-state index < -0.39 is 5.91 Å². The molecule has 1 aromatic rings. The van der Waals surface area contributed by atoms with Gasteiger partial charge in [0.2, 0.25) is 0 Å². The minimum Gasteiger partial charge on any atom is -0.397 e. The smallest absolute Gasteiger partial charge is 0.263 e. The first-order valence-corrected chi connectivity index (χ1v) is 7.57. The molecule has 0 aromatic carbocycles. The molecule has 2 rings (SSSR count). The molecule has 20 heavy (non-hydrogen) atoms. The zero-order valence-electron chi connectivity index (χ0n) is 11.7. The predicted octanol–water partition coefficient (Wildman–Crippen LogP) is 1.39. The van der Waals surface area contributed by atoms with Crippen molar-refractivity contribution in [1.82, 2.24) is 5.32 Å². The summed E-state index contributed by atoms with van der Waals surface area (Å²) in [6.45, 7) is 4.46. The quantitative estimate of drug-likeness (QED) is 0.635. The molecule has 1 heterocycles. The molecule has 6 nitrogen and oxygen atoms in total. The number of hydrogen-bond acceptors (Lipinski definition) is 5. The SMILES string of the molecule is CCNC(=O)c1sc(NC2CC2CC)c(C(N)=O)c1N. The fourth-order valence-corrected chi connectivity index (χ4v) is 3.35. The second-order valence-corrected chi connectivity index (χ2v) is 5.95. The van der Waals surface area contributed by atoms with Crippen molar-refractivity contribution in [2.75, 3.05) is 17.6 Å². The largest absolute Gasteiger partial charge is 0.397 e. The molecule has 1 aliphatic carbocycles. The Morgan fingerprint density at radius 3 is 2.60 bits per heavy atom. The highest BCUT2D eigenvalue weighted by molar-refractivity contribution is 7.19. The summed E-state index contributed by atoms with van der Waals surface area (Å²) in [6.07, 6.45) is 2.16. The predicted molar refractivity (Wildman–Crippen MR) is 81.1 cm³/mol. The number of nitrogens with one attached hydrogen (secondary N) is 2. The van der Waals surface area contributed by atoms with E-state index in [-0.39, 0.29) is 17.2 Å². The Bertz CT molecular complexity index is 541. The molecule has 2 unspecified atom stereocenters. The summed E-state index contributed by atoms with van der Waals surface area (Å²) < 4.78 is 0. The van der Waals surface area contributed by atoms with Crippen molar-refractivity contribution in [2.24, 2.45) is 11.7 Å². The van der Waals surface area contributed by atoms with Crippen LogP contribution < -0.4 is 22.1 Å². The maximum atomic E-state index is 11.9. The third-order valence-corrected chi connectivity index (χ3v) is 4.63. The fourth-order valence-electron chi connectivity index (χ4n) is 2.24. The van der Waals surface area contributed by atoms with Crippen molar-refractivity contribution in [2.45, 2.75) is 32.7 Å². The summed E-state index contributed by atoms with van der Waals surface area (Å²) in [5.74, 6) is -0.258. The highest BCUT2D eigenvalue weighted by atomic mass is 32.1. The minimum atomic E-state index is -0.606. The molecule has 1 aliphatic rings. The molecular formula is C13H20N4O2S. The lowest BCUT2D eigenvalue weighted by Crippen LogP contribution is -2.23. The summed E-state index contributed by atoms with van der Waals surface area (Å²) in [4.78, 5) is 23.8. The molecule has 0 aliphatic heterocycles. The number of nitrogens with two attached hydrogens (primary N) is 2. The van der Waals surface area contributed by atoms with E-state index >= 15 is 0 Å². The average molecular weight is 296 g/mol. The monoisotopic (exact) mass is 296 g/mol. The molecule has 2 amide bonds. The van der Waals surface area contributed by atoms with Crippen LogP contribution in [-0.2, 0) is 0 Å². The summed E-state index contributed by atoms with van der Waals surface area (Å²) in [6, 6.07) is 0.346. The van der Waals surface area contributed by atoms with Crippen LogP contribution in [0.4, 0.5) is 10.7 Å². The first kappa shape index (κ1) is 14.6. The molecule has 0 bridgehead atoms. The number of nitrogen functional groups attached to an aromatic ring is 1. The summed E-state index contributed by atoms with van der Waals surface area (Å²) in [7, 11) is 0. The van der Waals surface area contributed by atoms with Gasteiger partial charge in [-0.15, -0.1) is 11.3 Å². The Morgan fingerprint density at radius 2 is 2.10 bits per heavy atom. The van der Waals surface area contributed by atoms with Gasteiger partial charge in [-0.3, -0.25) is 9.59 Å². The van der Waals surface area contributed by atoms with Crippen LogP contribution in [0.1, 0.15) is 46.7 Å². The van der Waals surface area contributed by atoms with E-state index in [9.17, 15) is 9.59 Å². The van der Waals surface area contributed by atoms with Crippen molar-refractivity contribution < 1.29 is 9.59 Å². The Balaban J connectivity index is 2.28. The van der Waals surface area contributed by atoms with Gasteiger partial charge in [0.1, 0.15) is 9.88 Å². The number of hydrogen-bond donors (Lipinski definition) is 4. The van der Waals surface area contributed by atoms with Gasteiger partial charge in [0.25, 0.3) is 11.8 Å². The van der Waals surface area contributed by atoms with E-state index in [1.807, 2.05) is 6.92 Å². The van der Waals surface area contributed by atoms with Crippen molar-refractivity contribution in [3.05, 3.63) is 10.4 Å². The lowest BCUT2D eigenvalue weighted by Gasteiger charge is -2.04. The van der Waals surface area contributed by atoms with Gasteiger partial charge in [-0.25, -0.2) is 0 Å². The second kappa shape index (κ2) is 5.70. The van der Waals surface area contributed by atoms with Crippen LogP contribution in [0.3, 0.4) is 0 Å². The number of carbonyl (C=O) groups excluding carboxylic acids is 2. The summed E-state index contributed by atoms with van der Waals surface area (Å²) >= 11 is 1.19. The van der Waals surface area contributed by atoms with Crippen LogP contribution in [0.5, 0.6) is 0 Å². The molecule has 1 aromatic heterocycles. The van der Waals surface area contributed by atoms with Crippen LogP contribution in [-0.4, -0.2) is 24.4 Å². The van der Waals surface area contributed by atoms with E-state index in [1.54, 1.807) is 0 Å². The normalized spacial score (nSPS) is 20.5. The number of rotatable bonds is 6. The molecule has 110 valence electrons. The topological polar surface area (TPSA) is 110 Å². The van der Waals surface area contributed by atoms with Crippen LogP contribution in [0.15, 0.2) is 0 Å². The maximum absolute atomic E-state index is 11.9. The highest BCUT2D eigenvalue weighted by Gasteiger charge is 2.37. The lowest BCUT2D eigenvalue weighted by atomic mass is 10.2. The Hall–Kier alpha value is -1.76. The molecule has 0 saturated heterocycles. The van der Waals surface area contributed by atoms with Crippen LogP contribution >= 0.6 is 11.3 Å². The third kappa shape index (κ3) is 2.72. The van der Waals surface area contributed by atoms with Crippen molar-refractivity contribution in [3.8, 4) is 0 Å². The van der Waals surface area contributed by atoms with Gasteiger partial charge >= 0.3 is 0 Å². The van der Waals surface area contributed by atoms with Gasteiger partial charge in [0.05, 0.1) is 11.3 Å². The van der Waals surface area contributed by atoms with E-state index in [4.69, 9.17) is 11.5 Å². The van der Waals surface area contributed by atoms with Gasteiger partial charge < -0.3 is 22.1 Å². The van der Waals surface area contributed by atoms with Gasteiger partial charge in [0, 0.05) is 12.6 Å². The first-order valence-electron chi connectivity index (χ1n) is 6.76. The zero-order valence-corrected chi connectivity index (χ0v) is 12.5. The number of amides is 2. The van der Waals surface area contributed by atoms with Crippen molar-refractivity contribution in [1.29, 1.82) is 0 Å². The van der Waals surface area contributed by atoms with Crippen LogP contribution in [0.25, 0.3) is 0 Å². The standard InChI is InChI=1S/C13H20N4O2S/c1-3-6-5-7(6)17-13-8(11(15)18)9(14)10(20-13)12(19)16-4-2/h6-7,17H,3-5,14H2,1-2H3,(H2,15,18)(H,16,19). The molecule has 1 saturated carbocycles. The first-order chi connectivity index (χ1) is 9.49. The molecule has 7 heteroatoms. The highest BCUT2D eigenvalue weighted by Crippen LogP contribution is 2.41. The molecule has 1 fully saturated rings. The van der Waals surface area contributed by atoms with Gasteiger partial charge in [-0.1, -0.05) is 13.3 Å². The van der Waals surface area contributed by atoms with Crippen LogP contribution in [0.2, 0.25) is 0 Å². The Kier molecular flexibility index (Phi) is 4.17. The summed E-state index contributed by atoms with van der Waals surface area (Å²) in [5, 5.41) is 6.57. The molecular weight excluding hydrogens is 276 g/mol. The van der Waals surface area contributed by atoms with Gasteiger partial charge in [0.15, 0.2) is 0 Å². The minimum absolute atomic E-state index is 0.171. The second-order valence-electron chi connectivity index (χ2n) is 4.93. The molecule has 2 atom stereocenters. The van der Waals surface area contributed by atoms with E-state index in [0.717, 1.165) is 12.8 Å². The third-order valence-electron chi connectivity index (χ3n) is 3.50. The molecule has 0 spiro atoms. The zero-order chi connectivity index (χ0) is 14.9. The van der Waals surface area contributed by atoms with E-state index in [1.165, 1.54) is 11.3 Å². The van der Waals surface area contributed by atoms with Crippen molar-refractivity contribution >= 4 is 33.8 Å². The molecule has 0 radical (unpaired) electrons. The van der Waals surface area contributed by atoms with E-state index in [0.29, 0.717) is 28.4 Å². The number of anilines is 2.